The van der Waals surface area contributed by atoms with Crippen LogP contribution in [-0.4, -0.2) is 107 Å². The highest BCUT2D eigenvalue weighted by Crippen LogP contribution is 2.15. The number of anilines is 1. The molecule has 3 aromatic rings. The maximum atomic E-state index is 12.9. The number of nitrogens with zero attached hydrogens (tertiary/aromatic N) is 5. The van der Waals surface area contributed by atoms with Gasteiger partial charge in [-0.15, -0.1) is 0 Å². The van der Waals surface area contributed by atoms with Crippen molar-refractivity contribution in [3.05, 3.63) is 60.7 Å². The predicted molar refractivity (Wildman–Crippen MR) is 178 cm³/mol. The van der Waals surface area contributed by atoms with Crippen LogP contribution in [0, 0.1) is 0 Å². The molecule has 9 N–H and O–H groups in total. The van der Waals surface area contributed by atoms with E-state index < -0.39 is 64.3 Å². The van der Waals surface area contributed by atoms with Gasteiger partial charge in [0.25, 0.3) is 0 Å². The molecule has 0 spiro atoms. The molecule has 0 fully saturated rings. The van der Waals surface area contributed by atoms with Crippen molar-refractivity contribution >= 4 is 51.5 Å². The van der Waals surface area contributed by atoms with Crippen molar-refractivity contribution in [2.75, 3.05) is 11.9 Å². The largest absolute Gasteiger partial charge is 0.481 e. The lowest BCUT2D eigenvalue weighted by Crippen LogP contribution is -2.52. The number of rotatable bonds is 22. The van der Waals surface area contributed by atoms with Gasteiger partial charge in [0.1, 0.15) is 36.8 Å². The first-order valence-corrected chi connectivity index (χ1v) is 17.2. The molecule has 0 aliphatic carbocycles. The summed E-state index contributed by atoms with van der Waals surface area (Å²) >= 11 is 0. The number of carboxylic acids is 4. The molecule has 52 heavy (non-hydrogen) atoms. The summed E-state index contributed by atoms with van der Waals surface area (Å²) in [6.07, 6.45) is 5.61. The van der Waals surface area contributed by atoms with Crippen LogP contribution < -0.4 is 21.1 Å². The summed E-state index contributed by atoms with van der Waals surface area (Å²) < 4.78 is 25.9. The van der Waals surface area contributed by atoms with Crippen LogP contribution in [0.3, 0.4) is 0 Å². The number of nitrogens with two attached hydrogens (primary N) is 1. The topological polar surface area (TPSA) is 318 Å². The maximum absolute atomic E-state index is 12.9. The first-order chi connectivity index (χ1) is 24.5. The summed E-state index contributed by atoms with van der Waals surface area (Å²) in [5.74, 6) is -4.80. The van der Waals surface area contributed by atoms with Crippen LogP contribution in [0.25, 0.3) is 0 Å². The Kier molecular flexibility index (Phi) is 14.8. The third kappa shape index (κ3) is 13.4. The van der Waals surface area contributed by atoms with E-state index in [1.165, 1.54) is 46.1 Å². The zero-order chi connectivity index (χ0) is 38.4. The number of primary sulfonamides is 1. The first-order valence-electron chi connectivity index (χ1n) is 15.6. The molecule has 0 aliphatic heterocycles. The van der Waals surface area contributed by atoms with Crippen molar-refractivity contribution in [2.45, 2.75) is 75.3 Å². The molecule has 0 radical (unpaired) electrons. The Morgan fingerprint density at radius 2 is 1.31 bits per heavy atom. The van der Waals surface area contributed by atoms with E-state index in [1.54, 1.807) is 0 Å². The van der Waals surface area contributed by atoms with Crippen molar-refractivity contribution in [3.8, 4) is 0 Å². The second kappa shape index (κ2) is 18.9. The smallest absolute Gasteiger partial charge is 0.326 e. The van der Waals surface area contributed by atoms with Gasteiger partial charge in [0.15, 0.2) is 0 Å². The number of benzene rings is 1. The monoisotopic (exact) mass is 749 g/mol. The molecule has 0 unspecified atom stereocenters. The van der Waals surface area contributed by atoms with Crippen LogP contribution in [0.15, 0.2) is 53.9 Å². The van der Waals surface area contributed by atoms with Crippen molar-refractivity contribution < 1.29 is 57.6 Å². The average molecular weight is 750 g/mol. The highest BCUT2D eigenvalue weighted by molar-refractivity contribution is 7.89. The number of urea groups is 1. The van der Waals surface area contributed by atoms with E-state index in [0.717, 1.165) is 12.1 Å². The molecular formula is C30H39N9O12S. The number of imidazole rings is 2. The average Bonchev–Trinajstić information content (AvgIpc) is 3.67. The number of sulfonamides is 1. The standard InChI is InChI=1S/C30H39N9O12S/c31-52(50,51)20-6-4-19(5-7-20)34-28(46)21(8-9-25(40)41)35-30(49)36-22(29(47)48)3-1-2-12-37(15-23-32-10-13-38(23)17-26(42)43)16-24-33-11-14-39(24)18-27(44)45/h4-7,10-11,13-14,21-22H,1-3,8-9,12,15-18H2,(H,34,46)(H,40,41)(H,42,43)(H,44,45)(H,47,48)(H2,31,50,51)(H2,35,36,49)/t21-,22-/m0/s1. The predicted octanol–water partition coefficient (Wildman–Crippen LogP) is -0.307. The maximum Gasteiger partial charge on any atom is 0.326 e. The van der Waals surface area contributed by atoms with Crippen LogP contribution in [-0.2, 0) is 60.2 Å². The number of aromatic nitrogens is 4. The fourth-order valence-electron chi connectivity index (χ4n) is 4.97. The van der Waals surface area contributed by atoms with E-state index in [9.17, 15) is 52.5 Å². The lowest BCUT2D eigenvalue weighted by Gasteiger charge is -2.23. The lowest BCUT2D eigenvalue weighted by atomic mass is 10.1. The molecule has 282 valence electrons. The molecule has 0 aliphatic rings. The van der Waals surface area contributed by atoms with Gasteiger partial charge in [-0.25, -0.2) is 33.1 Å². The Labute approximate surface area is 296 Å². The zero-order valence-electron chi connectivity index (χ0n) is 27.6. The second-order valence-electron chi connectivity index (χ2n) is 11.5. The molecule has 2 aromatic heterocycles. The summed E-state index contributed by atoms with van der Waals surface area (Å²) in [6.45, 7) is -0.0530. The van der Waals surface area contributed by atoms with Gasteiger partial charge in [0.05, 0.1) is 18.0 Å². The Balaban J connectivity index is 1.63. The van der Waals surface area contributed by atoms with Crippen LogP contribution in [0.4, 0.5) is 10.5 Å². The Morgan fingerprint density at radius 1 is 0.769 bits per heavy atom. The van der Waals surface area contributed by atoms with Crippen LogP contribution in [0.5, 0.6) is 0 Å². The summed E-state index contributed by atoms with van der Waals surface area (Å²) in [7, 11) is -4.00. The number of nitrogens with one attached hydrogen (secondary N) is 3. The van der Waals surface area contributed by atoms with E-state index in [2.05, 4.69) is 25.9 Å². The number of amides is 3. The van der Waals surface area contributed by atoms with Gasteiger partial charge in [0, 0.05) is 36.9 Å². The number of carboxylic acid groups (broad SMARTS) is 4. The number of carbonyl (C=O) groups is 6. The molecule has 0 bridgehead atoms. The quantitative estimate of drug-likeness (QED) is 0.0611. The second-order valence-corrected chi connectivity index (χ2v) is 13.1. The fourth-order valence-corrected chi connectivity index (χ4v) is 5.49. The van der Waals surface area contributed by atoms with E-state index in [-0.39, 0.29) is 56.0 Å². The van der Waals surface area contributed by atoms with Crippen LogP contribution >= 0.6 is 0 Å². The Bertz CT molecular complexity index is 1790. The number of hydrogen-bond acceptors (Lipinski definition) is 11. The number of aliphatic carboxylic acids is 4. The fraction of sp³-hybridized carbons (Fsp3) is 0.400. The molecular weight excluding hydrogens is 710 g/mol. The van der Waals surface area contributed by atoms with E-state index >= 15 is 0 Å². The normalized spacial score (nSPS) is 12.5. The van der Waals surface area contributed by atoms with Gasteiger partial charge in [-0.1, -0.05) is 0 Å². The number of unbranched alkanes of at least 4 members (excludes halogenated alkanes) is 1. The van der Waals surface area contributed by atoms with Crippen molar-refractivity contribution in [3.63, 3.8) is 0 Å². The van der Waals surface area contributed by atoms with E-state index in [0.29, 0.717) is 24.6 Å². The molecule has 3 rings (SSSR count). The summed E-state index contributed by atoms with van der Waals surface area (Å²) in [5, 5.41) is 49.5. The van der Waals surface area contributed by atoms with Crippen LogP contribution in [0.2, 0.25) is 0 Å². The van der Waals surface area contributed by atoms with Crippen molar-refractivity contribution in [1.29, 1.82) is 0 Å². The van der Waals surface area contributed by atoms with E-state index in [4.69, 9.17) is 10.2 Å². The highest BCUT2D eigenvalue weighted by atomic mass is 32.2. The van der Waals surface area contributed by atoms with Crippen LogP contribution in [0.1, 0.15) is 43.8 Å². The Morgan fingerprint density at radius 3 is 1.79 bits per heavy atom. The molecule has 0 saturated carbocycles. The summed E-state index contributed by atoms with van der Waals surface area (Å²) in [4.78, 5) is 81.7. The van der Waals surface area contributed by atoms with Gasteiger partial charge in [-0.3, -0.25) is 24.1 Å². The third-order valence-corrected chi connectivity index (χ3v) is 8.41. The number of carbonyl (C=O) groups excluding carboxylic acids is 2. The van der Waals surface area contributed by atoms with Gasteiger partial charge in [-0.2, -0.15) is 0 Å². The minimum atomic E-state index is -4.00. The summed E-state index contributed by atoms with van der Waals surface area (Å²) in [6, 6.07) is 0.863. The highest BCUT2D eigenvalue weighted by Gasteiger charge is 2.26. The molecule has 3 amide bonds. The van der Waals surface area contributed by atoms with Crippen molar-refractivity contribution in [1.82, 2.24) is 34.6 Å². The molecule has 1 aromatic carbocycles. The summed E-state index contributed by atoms with van der Waals surface area (Å²) in [5.41, 5.74) is 0.120. The molecule has 2 heterocycles. The molecule has 22 heteroatoms. The SMILES string of the molecule is NS(=O)(=O)c1ccc(NC(=O)[C@H](CCC(=O)O)NC(=O)N[C@@H](CCCCN(Cc2nccn2CC(=O)O)Cc2nccn2CC(=O)O)C(=O)O)cc1. The van der Waals surface area contributed by atoms with Gasteiger partial charge >= 0.3 is 29.9 Å². The van der Waals surface area contributed by atoms with Gasteiger partial charge in [0.2, 0.25) is 15.9 Å². The Hall–Kier alpha value is -5.87. The molecule has 21 nitrogen and oxygen atoms in total. The zero-order valence-corrected chi connectivity index (χ0v) is 28.4. The van der Waals surface area contributed by atoms with Crippen molar-refractivity contribution in [2.24, 2.45) is 5.14 Å². The van der Waals surface area contributed by atoms with Gasteiger partial charge < -0.3 is 45.5 Å². The molecule has 2 atom stereocenters. The lowest BCUT2D eigenvalue weighted by molar-refractivity contribution is -0.140. The third-order valence-electron chi connectivity index (χ3n) is 7.48. The van der Waals surface area contributed by atoms with Gasteiger partial charge in [-0.05, 0) is 56.5 Å². The minimum absolute atomic E-state index is 0.0553. The molecule has 0 saturated heterocycles. The number of hydrogen-bond donors (Lipinski definition) is 8. The minimum Gasteiger partial charge on any atom is -0.481 e. The van der Waals surface area contributed by atoms with E-state index in [1.807, 2.05) is 4.90 Å². The first kappa shape index (κ1) is 40.6.